The van der Waals surface area contributed by atoms with E-state index in [2.05, 4.69) is 31.0 Å². The summed E-state index contributed by atoms with van der Waals surface area (Å²) in [5, 5.41) is 15.1. The number of hydrogen-bond donors (Lipinski definition) is 3. The zero-order valence-electron chi connectivity index (χ0n) is 29.9. The fourth-order valence-corrected chi connectivity index (χ4v) is 5.19. The summed E-state index contributed by atoms with van der Waals surface area (Å²) in [4.78, 5) is 111. The Balaban J connectivity index is 2.26. The van der Waals surface area contributed by atoms with Crippen LogP contribution in [0.15, 0.2) is 6.20 Å². The van der Waals surface area contributed by atoms with Crippen LogP contribution in [0.5, 0.6) is 0 Å². The molecule has 294 valence electrons. The zero-order chi connectivity index (χ0) is 40.0. The average molecular weight is 776 g/mol. The lowest BCUT2D eigenvalue weighted by atomic mass is 9.95. The van der Waals surface area contributed by atoms with E-state index in [-0.39, 0.29) is 12.2 Å². The van der Waals surface area contributed by atoms with E-state index in [1.807, 2.05) is 0 Å². The van der Waals surface area contributed by atoms with Gasteiger partial charge >= 0.3 is 29.8 Å². The van der Waals surface area contributed by atoms with E-state index in [9.17, 15) is 43.2 Å². The Morgan fingerprint density at radius 2 is 1.57 bits per heavy atom. The maximum atomic E-state index is 13.4. The Labute approximate surface area is 307 Å². The number of aromatic nitrogens is 3. The molecule has 23 heteroatoms. The van der Waals surface area contributed by atoms with Gasteiger partial charge in [0.15, 0.2) is 24.5 Å². The van der Waals surface area contributed by atoms with Crippen LogP contribution in [0.3, 0.4) is 0 Å². The van der Waals surface area contributed by atoms with Crippen LogP contribution in [0.25, 0.3) is 0 Å². The molecular weight excluding hydrogens is 734 g/mol. The van der Waals surface area contributed by atoms with Crippen molar-refractivity contribution in [1.29, 1.82) is 0 Å². The van der Waals surface area contributed by atoms with E-state index < -0.39 is 122 Å². The van der Waals surface area contributed by atoms with Gasteiger partial charge in [0.05, 0.1) is 19.9 Å². The summed E-state index contributed by atoms with van der Waals surface area (Å²) in [5.41, 5.74) is 0.104. The maximum Gasteiger partial charge on any atom is 0.332 e. The molecule has 3 N–H and O–H groups in total. The first-order valence-electron chi connectivity index (χ1n) is 15.8. The summed E-state index contributed by atoms with van der Waals surface area (Å²) in [6, 6.07) is -2.68. The van der Waals surface area contributed by atoms with Gasteiger partial charge in [-0.05, 0) is 6.92 Å². The average Bonchev–Trinajstić information content (AvgIpc) is 3.49. The Hall–Kier alpha value is -5.38. The Morgan fingerprint density at radius 1 is 0.925 bits per heavy atom. The number of halogens is 1. The van der Waals surface area contributed by atoms with Crippen LogP contribution in [0, 0.1) is 0 Å². The summed E-state index contributed by atoms with van der Waals surface area (Å²) < 4.78 is 32.4. The molecule has 0 aromatic carbocycles. The van der Waals surface area contributed by atoms with Gasteiger partial charge in [-0.2, -0.15) is 0 Å². The second kappa shape index (κ2) is 20.6. The highest BCUT2D eigenvalue weighted by molar-refractivity contribution is 6.27. The van der Waals surface area contributed by atoms with Gasteiger partial charge in [-0.1, -0.05) is 5.21 Å². The Morgan fingerprint density at radius 3 is 2.11 bits per heavy atom. The molecule has 0 radical (unpaired) electrons. The molecule has 0 bridgehead atoms. The van der Waals surface area contributed by atoms with E-state index in [0.717, 1.165) is 51.3 Å². The molecule has 1 aromatic heterocycles. The summed E-state index contributed by atoms with van der Waals surface area (Å²) in [6.07, 6.45) is -5.42. The first kappa shape index (κ1) is 43.8. The number of nitrogens with zero attached hydrogens (tertiary/aromatic N) is 4. The van der Waals surface area contributed by atoms with Crippen LogP contribution in [0.4, 0.5) is 0 Å². The van der Waals surface area contributed by atoms with Crippen molar-refractivity contribution in [3.05, 3.63) is 11.9 Å². The molecule has 4 amide bonds. The van der Waals surface area contributed by atoms with E-state index in [1.54, 1.807) is 0 Å². The molecule has 2 rings (SSSR count). The first-order valence-corrected chi connectivity index (χ1v) is 16.3. The molecule has 0 saturated carbocycles. The molecule has 1 aromatic rings. The largest absolute Gasteiger partial charge is 0.467 e. The lowest BCUT2D eigenvalue weighted by Crippen LogP contribution is -2.70. The number of nitrogens with one attached hydrogen (secondary N) is 3. The van der Waals surface area contributed by atoms with E-state index in [0.29, 0.717) is 0 Å². The summed E-state index contributed by atoms with van der Waals surface area (Å²) in [5.74, 6) is -7.48. The third-order valence-electron chi connectivity index (χ3n) is 7.06. The van der Waals surface area contributed by atoms with Gasteiger partial charge in [-0.25, -0.2) is 9.48 Å². The molecular formula is C30H42ClN7O15. The second-order valence-electron chi connectivity index (χ2n) is 11.5. The number of hydrogen-bond acceptors (Lipinski definition) is 17. The van der Waals surface area contributed by atoms with Crippen LogP contribution in [0.2, 0.25) is 0 Å². The minimum atomic E-state index is -1.49. The SMILES string of the molecule is COC(=O)[C@@H](NC(=O)Cn1cc(CN(CC(=O)N[C@@H]2O[C@H](COC(C)=O)[C@@H](OC(C)=O)[C@H](OC(C)=O)[C@H]2NC(C)=O)C(=O)CCl)nn1)[C@@H](C)OC(C)=O. The lowest BCUT2D eigenvalue weighted by molar-refractivity contribution is -0.228. The normalized spacial score (nSPS) is 20.3. The van der Waals surface area contributed by atoms with Crippen molar-refractivity contribution >= 4 is 65.1 Å². The number of carbonyl (C=O) groups excluding carboxylic acids is 9. The van der Waals surface area contributed by atoms with Crippen LogP contribution in [-0.4, -0.2) is 142 Å². The summed E-state index contributed by atoms with van der Waals surface area (Å²) in [6.45, 7) is 4.90. The highest BCUT2D eigenvalue weighted by Gasteiger charge is 2.51. The third-order valence-corrected chi connectivity index (χ3v) is 7.29. The van der Waals surface area contributed by atoms with Crippen LogP contribution in [0.1, 0.15) is 47.2 Å². The molecule has 2 heterocycles. The van der Waals surface area contributed by atoms with Crippen molar-refractivity contribution in [3.8, 4) is 0 Å². The van der Waals surface area contributed by atoms with E-state index in [1.165, 1.54) is 13.1 Å². The number of esters is 5. The van der Waals surface area contributed by atoms with Crippen LogP contribution >= 0.6 is 11.6 Å². The fraction of sp³-hybridized carbons (Fsp3) is 0.633. The molecule has 1 aliphatic heterocycles. The number of ether oxygens (including phenoxy) is 6. The molecule has 0 spiro atoms. The van der Waals surface area contributed by atoms with Gasteiger partial charge in [0.25, 0.3) is 0 Å². The summed E-state index contributed by atoms with van der Waals surface area (Å²) in [7, 11) is 1.09. The van der Waals surface area contributed by atoms with Gasteiger partial charge in [0, 0.05) is 34.6 Å². The topological polar surface area (TPSA) is 279 Å². The highest BCUT2D eigenvalue weighted by Crippen LogP contribution is 2.26. The van der Waals surface area contributed by atoms with Crippen molar-refractivity contribution in [1.82, 2.24) is 35.8 Å². The number of amides is 4. The number of carbonyl (C=O) groups is 9. The fourth-order valence-electron chi connectivity index (χ4n) is 5.02. The number of alkyl halides is 1. The lowest BCUT2D eigenvalue weighted by Gasteiger charge is -2.45. The van der Waals surface area contributed by atoms with Crippen LogP contribution in [-0.2, 0) is 84.7 Å². The van der Waals surface area contributed by atoms with Gasteiger partial charge in [0.1, 0.15) is 49.5 Å². The molecule has 0 aliphatic carbocycles. The molecule has 1 fully saturated rings. The summed E-state index contributed by atoms with van der Waals surface area (Å²) >= 11 is 5.80. The van der Waals surface area contributed by atoms with Crippen molar-refractivity contribution in [2.45, 2.75) is 97.4 Å². The first-order chi connectivity index (χ1) is 24.8. The highest BCUT2D eigenvalue weighted by atomic mass is 35.5. The maximum absolute atomic E-state index is 13.4. The van der Waals surface area contributed by atoms with E-state index >= 15 is 0 Å². The van der Waals surface area contributed by atoms with Gasteiger partial charge in [-0.15, -0.1) is 16.7 Å². The van der Waals surface area contributed by atoms with Crippen molar-refractivity contribution < 1.29 is 71.6 Å². The van der Waals surface area contributed by atoms with Crippen molar-refractivity contribution in [3.63, 3.8) is 0 Å². The zero-order valence-corrected chi connectivity index (χ0v) is 30.7. The number of rotatable bonds is 17. The van der Waals surface area contributed by atoms with Crippen LogP contribution < -0.4 is 16.0 Å². The minimum absolute atomic E-state index is 0.104. The molecule has 7 atom stereocenters. The predicted molar refractivity (Wildman–Crippen MR) is 173 cm³/mol. The smallest absolute Gasteiger partial charge is 0.332 e. The monoisotopic (exact) mass is 775 g/mol. The molecule has 53 heavy (non-hydrogen) atoms. The number of methoxy groups -OCH3 is 1. The van der Waals surface area contributed by atoms with Crippen molar-refractivity contribution in [2.75, 3.05) is 26.1 Å². The molecule has 0 unspecified atom stereocenters. The predicted octanol–water partition coefficient (Wildman–Crippen LogP) is -2.77. The quantitative estimate of drug-likeness (QED) is 0.0820. The minimum Gasteiger partial charge on any atom is -0.467 e. The Bertz CT molecular complexity index is 1540. The molecule has 1 saturated heterocycles. The molecule has 22 nitrogen and oxygen atoms in total. The third kappa shape index (κ3) is 14.3. The Kier molecular flexibility index (Phi) is 17.0. The van der Waals surface area contributed by atoms with Gasteiger partial charge in [-0.3, -0.25) is 38.4 Å². The van der Waals surface area contributed by atoms with E-state index in [4.69, 9.17) is 35.3 Å². The second-order valence-corrected chi connectivity index (χ2v) is 11.8. The van der Waals surface area contributed by atoms with Gasteiger partial charge < -0.3 is 49.3 Å². The van der Waals surface area contributed by atoms with Gasteiger partial charge in [0.2, 0.25) is 23.6 Å². The standard InChI is InChI=1S/C30H42ClN7O15/c1-14(50-17(4)41)25(30(47)48-7)33-23(45)12-38-10-20(35-36-38)9-37(24(46)8-31)11-22(44)34-29-26(32-15(2)39)28(52-19(6)43)27(51-18(5)42)21(53-29)13-49-16(3)40/h10,14,21,25-29H,8-9,11-13H2,1-7H3,(H,32,39)(H,33,45)(H,34,44)/t14-,21-,25+,26-,27-,28-,29-/m1/s1. The van der Waals surface area contributed by atoms with Crippen molar-refractivity contribution in [2.24, 2.45) is 0 Å². The molecule has 1 aliphatic rings.